The van der Waals surface area contributed by atoms with Crippen LogP contribution in [0.1, 0.15) is 44.0 Å². The highest BCUT2D eigenvalue weighted by atomic mass is 16.6. The van der Waals surface area contributed by atoms with E-state index in [0.29, 0.717) is 24.2 Å². The van der Waals surface area contributed by atoms with Crippen molar-refractivity contribution in [2.24, 2.45) is 0 Å². The lowest BCUT2D eigenvalue weighted by molar-refractivity contribution is -0.120. The van der Waals surface area contributed by atoms with Crippen molar-refractivity contribution in [3.63, 3.8) is 0 Å². The molecule has 1 aromatic rings. The van der Waals surface area contributed by atoms with Crippen molar-refractivity contribution in [3.8, 4) is 0 Å². The molecule has 25 heavy (non-hydrogen) atoms. The number of hydrogen-bond donors (Lipinski definition) is 1. The number of carbonyl (C=O) groups is 3. The van der Waals surface area contributed by atoms with Gasteiger partial charge in [-0.3, -0.25) is 9.69 Å². The summed E-state index contributed by atoms with van der Waals surface area (Å²) in [4.78, 5) is 37.7. The van der Waals surface area contributed by atoms with E-state index < -0.39 is 23.7 Å². The molecule has 1 atom stereocenters. The molecule has 1 aliphatic rings. The second-order valence-corrected chi connectivity index (χ2v) is 6.89. The van der Waals surface area contributed by atoms with Crippen molar-refractivity contribution >= 4 is 23.7 Å². The van der Waals surface area contributed by atoms with Crippen molar-refractivity contribution in [1.82, 2.24) is 4.90 Å². The average molecular weight is 348 g/mol. The normalized spacial score (nSPS) is 17.1. The Bertz CT molecular complexity index is 648. The third-order valence-corrected chi connectivity index (χ3v) is 3.76. The fourth-order valence-electron chi connectivity index (χ4n) is 2.61. The maximum Gasteiger partial charge on any atom is 0.410 e. The zero-order chi connectivity index (χ0) is 18.6. The number of hydrogen-bond acceptors (Lipinski definition) is 5. The summed E-state index contributed by atoms with van der Waals surface area (Å²) in [6.07, 6.45) is 0.857. The first kappa shape index (κ1) is 18.8. The number of ether oxygens (including phenoxy) is 2. The Balaban J connectivity index is 2.01. The topological polar surface area (TPSA) is 84.9 Å². The number of likely N-dealkylation sites (tertiary alicyclic amines) is 1. The largest absolute Gasteiger partial charge is 0.465 e. The van der Waals surface area contributed by atoms with E-state index in [1.165, 1.54) is 12.0 Å². The highest BCUT2D eigenvalue weighted by molar-refractivity contribution is 5.97. The van der Waals surface area contributed by atoms with Gasteiger partial charge in [0.05, 0.1) is 12.7 Å². The van der Waals surface area contributed by atoms with Crippen LogP contribution in [0.15, 0.2) is 24.3 Å². The van der Waals surface area contributed by atoms with Gasteiger partial charge in [0.25, 0.3) is 0 Å². The molecule has 2 amide bonds. The lowest BCUT2D eigenvalue weighted by atomic mass is 10.1. The Labute approximate surface area is 147 Å². The van der Waals surface area contributed by atoms with Crippen molar-refractivity contribution in [1.29, 1.82) is 0 Å². The van der Waals surface area contributed by atoms with Gasteiger partial charge in [-0.05, 0) is 57.9 Å². The molecule has 0 aromatic heterocycles. The predicted octanol–water partition coefficient (Wildman–Crippen LogP) is 2.81. The predicted molar refractivity (Wildman–Crippen MR) is 92.4 cm³/mol. The van der Waals surface area contributed by atoms with E-state index in [9.17, 15) is 14.4 Å². The van der Waals surface area contributed by atoms with E-state index in [0.717, 1.165) is 6.42 Å². The van der Waals surface area contributed by atoms with Crippen LogP contribution >= 0.6 is 0 Å². The minimum atomic E-state index is -0.607. The Kier molecular flexibility index (Phi) is 5.66. The fourth-order valence-corrected chi connectivity index (χ4v) is 2.61. The van der Waals surface area contributed by atoms with E-state index in [4.69, 9.17) is 4.74 Å². The number of amides is 2. The van der Waals surface area contributed by atoms with Crippen LogP contribution < -0.4 is 5.32 Å². The standard InChI is InChI=1S/C18H24N2O5/c1-18(2,3)25-17(23)20-11-5-6-14(20)15(21)19-13-9-7-12(8-10-13)16(22)24-4/h7-10,14H,5-6,11H2,1-4H3,(H,19,21). The molecule has 7 heteroatoms. The summed E-state index contributed by atoms with van der Waals surface area (Å²) < 4.78 is 10.00. The van der Waals surface area contributed by atoms with Crippen molar-refractivity contribution in [2.75, 3.05) is 19.0 Å². The van der Waals surface area contributed by atoms with Crippen LogP contribution in [0.3, 0.4) is 0 Å². The Hall–Kier alpha value is -2.57. The highest BCUT2D eigenvalue weighted by Crippen LogP contribution is 2.22. The molecule has 7 nitrogen and oxygen atoms in total. The monoisotopic (exact) mass is 348 g/mol. The quantitative estimate of drug-likeness (QED) is 0.849. The first-order chi connectivity index (χ1) is 11.7. The van der Waals surface area contributed by atoms with E-state index in [-0.39, 0.29) is 5.91 Å². The minimum Gasteiger partial charge on any atom is -0.465 e. The van der Waals surface area contributed by atoms with Crippen LogP contribution in [0.5, 0.6) is 0 Å². The first-order valence-electron chi connectivity index (χ1n) is 8.20. The molecule has 1 heterocycles. The van der Waals surface area contributed by atoms with Gasteiger partial charge in [-0.25, -0.2) is 9.59 Å². The second kappa shape index (κ2) is 7.55. The molecule has 1 N–H and O–H groups in total. The maximum absolute atomic E-state index is 12.5. The van der Waals surface area contributed by atoms with Crippen molar-refractivity contribution in [2.45, 2.75) is 45.3 Å². The summed E-state index contributed by atoms with van der Waals surface area (Å²) in [6, 6.07) is 5.83. The highest BCUT2D eigenvalue weighted by Gasteiger charge is 2.36. The molecule has 2 rings (SSSR count). The summed E-state index contributed by atoms with van der Waals surface area (Å²) in [5.41, 5.74) is 0.343. The van der Waals surface area contributed by atoms with Crippen LogP contribution in [0.4, 0.5) is 10.5 Å². The van der Waals surface area contributed by atoms with Crippen LogP contribution in [0.25, 0.3) is 0 Å². The molecule has 1 saturated heterocycles. The molecule has 0 spiro atoms. The first-order valence-corrected chi connectivity index (χ1v) is 8.20. The maximum atomic E-state index is 12.5. The van der Waals surface area contributed by atoms with Gasteiger partial charge in [-0.2, -0.15) is 0 Å². The summed E-state index contributed by atoms with van der Waals surface area (Å²) in [7, 11) is 1.31. The SMILES string of the molecule is COC(=O)c1ccc(NC(=O)C2CCCN2C(=O)OC(C)(C)C)cc1. The van der Waals surface area contributed by atoms with Gasteiger partial charge in [0, 0.05) is 12.2 Å². The number of nitrogens with zero attached hydrogens (tertiary/aromatic N) is 1. The minimum absolute atomic E-state index is 0.269. The third kappa shape index (κ3) is 4.95. The van der Waals surface area contributed by atoms with Gasteiger partial charge in [0.1, 0.15) is 11.6 Å². The molecule has 0 radical (unpaired) electrons. The number of carbonyl (C=O) groups excluding carboxylic acids is 3. The van der Waals surface area contributed by atoms with Crippen LogP contribution in [-0.2, 0) is 14.3 Å². The third-order valence-electron chi connectivity index (χ3n) is 3.76. The smallest absolute Gasteiger partial charge is 0.410 e. The number of rotatable bonds is 3. The van der Waals surface area contributed by atoms with Gasteiger partial charge in [0.15, 0.2) is 0 Å². The number of esters is 1. The lowest BCUT2D eigenvalue weighted by Gasteiger charge is -2.28. The van der Waals surface area contributed by atoms with Crippen LogP contribution in [-0.4, -0.2) is 48.2 Å². The average Bonchev–Trinajstić information content (AvgIpc) is 3.03. The molecule has 0 aliphatic carbocycles. The summed E-state index contributed by atoms with van der Waals surface area (Å²) in [5.74, 6) is -0.709. The molecular formula is C18H24N2O5. The summed E-state index contributed by atoms with van der Waals surface area (Å²) in [6.45, 7) is 5.87. The van der Waals surface area contributed by atoms with Crippen molar-refractivity contribution < 1.29 is 23.9 Å². The van der Waals surface area contributed by atoms with E-state index in [1.807, 2.05) is 0 Å². The molecule has 1 fully saturated rings. The van der Waals surface area contributed by atoms with Crippen molar-refractivity contribution in [3.05, 3.63) is 29.8 Å². The lowest BCUT2D eigenvalue weighted by Crippen LogP contribution is -2.45. The van der Waals surface area contributed by atoms with Crippen LogP contribution in [0.2, 0.25) is 0 Å². The molecule has 0 saturated carbocycles. The van der Waals surface area contributed by atoms with Gasteiger partial charge in [-0.1, -0.05) is 0 Å². The van der Waals surface area contributed by atoms with Gasteiger partial charge in [-0.15, -0.1) is 0 Å². The zero-order valence-electron chi connectivity index (χ0n) is 15.0. The van der Waals surface area contributed by atoms with E-state index in [1.54, 1.807) is 45.0 Å². The second-order valence-electron chi connectivity index (χ2n) is 6.89. The van der Waals surface area contributed by atoms with Gasteiger partial charge < -0.3 is 14.8 Å². The zero-order valence-corrected chi connectivity index (χ0v) is 15.0. The fraction of sp³-hybridized carbons (Fsp3) is 0.500. The summed E-state index contributed by atoms with van der Waals surface area (Å²) in [5, 5.41) is 2.78. The molecular weight excluding hydrogens is 324 g/mol. The van der Waals surface area contributed by atoms with E-state index in [2.05, 4.69) is 10.1 Å². The molecule has 0 bridgehead atoms. The van der Waals surface area contributed by atoms with Gasteiger partial charge >= 0.3 is 12.1 Å². The Morgan fingerprint density at radius 1 is 1.16 bits per heavy atom. The molecule has 1 aliphatic heterocycles. The Morgan fingerprint density at radius 2 is 1.80 bits per heavy atom. The Morgan fingerprint density at radius 3 is 2.36 bits per heavy atom. The van der Waals surface area contributed by atoms with E-state index >= 15 is 0 Å². The van der Waals surface area contributed by atoms with Crippen LogP contribution in [0, 0.1) is 0 Å². The number of benzene rings is 1. The number of methoxy groups -OCH3 is 1. The molecule has 1 aromatic carbocycles. The number of nitrogens with one attached hydrogen (secondary N) is 1. The molecule has 136 valence electrons. The summed E-state index contributed by atoms with van der Waals surface area (Å²) >= 11 is 0. The van der Waals surface area contributed by atoms with Gasteiger partial charge in [0.2, 0.25) is 5.91 Å². The molecule has 1 unspecified atom stereocenters. The number of anilines is 1.